The largest absolute Gasteiger partial charge is 0.497 e. The second-order valence-corrected chi connectivity index (χ2v) is 5.00. The lowest BCUT2D eigenvalue weighted by molar-refractivity contribution is -0.110. The van der Waals surface area contributed by atoms with Crippen molar-refractivity contribution < 1.29 is 9.53 Å². The fraction of sp³-hybridized carbons (Fsp3) is 0.176. The summed E-state index contributed by atoms with van der Waals surface area (Å²) >= 11 is 0. The second kappa shape index (κ2) is 8.42. The molecule has 0 bridgehead atoms. The molecule has 0 radical (unpaired) electrons. The van der Waals surface area contributed by atoms with Gasteiger partial charge in [0.1, 0.15) is 11.5 Å². The van der Waals surface area contributed by atoms with Crippen LogP contribution in [0.2, 0.25) is 0 Å². The topological polar surface area (TPSA) is 92.2 Å². The lowest BCUT2D eigenvalue weighted by atomic mass is 9.95. The normalized spacial score (nSPS) is 12.2. The molecule has 0 saturated heterocycles. The standard InChI is InChI=1S/C17H18N4O3/c1-12(13-8-10-15(24-2)11-9-13)16(19-20-21-23)17(22)18-14-6-4-3-5-7-14/h3-12H,1-2H3,(H,18,22)(H,20,23). The van der Waals surface area contributed by atoms with Crippen molar-refractivity contribution in [2.75, 3.05) is 12.4 Å². The Balaban J connectivity index is 2.23. The van der Waals surface area contributed by atoms with Gasteiger partial charge in [-0.2, -0.15) is 10.6 Å². The van der Waals surface area contributed by atoms with Crippen LogP contribution in [-0.4, -0.2) is 18.7 Å². The summed E-state index contributed by atoms with van der Waals surface area (Å²) in [6.45, 7) is 1.82. The van der Waals surface area contributed by atoms with E-state index in [1.54, 1.807) is 31.4 Å². The highest BCUT2D eigenvalue weighted by atomic mass is 16.5. The molecule has 0 saturated carbocycles. The van der Waals surface area contributed by atoms with Crippen molar-refractivity contribution in [3.05, 3.63) is 65.1 Å². The average molecular weight is 326 g/mol. The molecule has 2 rings (SSSR count). The molecule has 0 aliphatic heterocycles. The van der Waals surface area contributed by atoms with Crippen molar-refractivity contribution in [2.24, 2.45) is 10.4 Å². The molecular formula is C17H18N4O3. The monoisotopic (exact) mass is 326 g/mol. The highest BCUT2D eigenvalue weighted by molar-refractivity contribution is 6.44. The molecule has 0 aliphatic rings. The zero-order chi connectivity index (χ0) is 17.4. The third-order valence-electron chi connectivity index (χ3n) is 3.50. The van der Waals surface area contributed by atoms with E-state index < -0.39 is 5.91 Å². The minimum atomic E-state index is -0.416. The highest BCUT2D eigenvalue weighted by Gasteiger charge is 2.21. The number of hydrazone groups is 1. The van der Waals surface area contributed by atoms with Crippen LogP contribution >= 0.6 is 0 Å². The number of amides is 1. The number of rotatable bonds is 7. The van der Waals surface area contributed by atoms with Crippen LogP contribution in [0, 0.1) is 4.91 Å². The fourth-order valence-corrected chi connectivity index (χ4v) is 2.19. The van der Waals surface area contributed by atoms with E-state index in [1.165, 1.54) is 0 Å². The number of carbonyl (C=O) groups excluding carboxylic acids is 1. The molecule has 0 spiro atoms. The van der Waals surface area contributed by atoms with Gasteiger partial charge in [-0.3, -0.25) is 4.79 Å². The first-order chi connectivity index (χ1) is 11.7. The number of hydrogen-bond acceptors (Lipinski definition) is 5. The first kappa shape index (κ1) is 17.1. The van der Waals surface area contributed by atoms with Gasteiger partial charge in [-0.05, 0) is 29.8 Å². The van der Waals surface area contributed by atoms with Gasteiger partial charge >= 0.3 is 0 Å². The number of methoxy groups -OCH3 is 1. The molecule has 2 aromatic carbocycles. The van der Waals surface area contributed by atoms with Crippen LogP contribution < -0.4 is 15.6 Å². The third-order valence-corrected chi connectivity index (χ3v) is 3.50. The Morgan fingerprint density at radius 3 is 2.33 bits per heavy atom. The van der Waals surface area contributed by atoms with Crippen LogP contribution in [0.15, 0.2) is 65.0 Å². The van der Waals surface area contributed by atoms with E-state index >= 15 is 0 Å². The van der Waals surface area contributed by atoms with Crippen LogP contribution in [0.4, 0.5) is 5.69 Å². The number of ether oxygens (including phenoxy) is 1. The van der Waals surface area contributed by atoms with Gasteiger partial charge in [-0.15, -0.1) is 4.91 Å². The van der Waals surface area contributed by atoms with Gasteiger partial charge in [0.25, 0.3) is 5.91 Å². The van der Waals surface area contributed by atoms with Crippen LogP contribution in [0.5, 0.6) is 5.75 Å². The van der Waals surface area contributed by atoms with Gasteiger partial charge in [-0.25, -0.2) is 0 Å². The fourth-order valence-electron chi connectivity index (χ4n) is 2.19. The molecule has 24 heavy (non-hydrogen) atoms. The molecule has 0 fully saturated rings. The Morgan fingerprint density at radius 2 is 1.75 bits per heavy atom. The quantitative estimate of drug-likeness (QED) is 0.464. The summed E-state index contributed by atoms with van der Waals surface area (Å²) < 4.78 is 5.12. The molecule has 1 unspecified atom stereocenters. The van der Waals surface area contributed by atoms with E-state index in [4.69, 9.17) is 4.74 Å². The van der Waals surface area contributed by atoms with Gasteiger partial charge in [0.2, 0.25) is 0 Å². The summed E-state index contributed by atoms with van der Waals surface area (Å²) in [5.41, 5.74) is 3.59. The Bertz CT molecular complexity index is 714. The molecular weight excluding hydrogens is 308 g/mol. The minimum Gasteiger partial charge on any atom is -0.497 e. The summed E-state index contributed by atoms with van der Waals surface area (Å²) in [6.07, 6.45) is 0. The van der Waals surface area contributed by atoms with Crippen LogP contribution in [-0.2, 0) is 4.79 Å². The van der Waals surface area contributed by atoms with Gasteiger partial charge < -0.3 is 10.1 Å². The molecule has 0 heterocycles. The van der Waals surface area contributed by atoms with Crippen LogP contribution in [0.3, 0.4) is 0 Å². The number of nitrogens with one attached hydrogen (secondary N) is 2. The summed E-state index contributed by atoms with van der Waals surface area (Å²) in [6, 6.07) is 16.3. The maximum atomic E-state index is 12.5. The highest BCUT2D eigenvalue weighted by Crippen LogP contribution is 2.21. The van der Waals surface area contributed by atoms with Gasteiger partial charge in [0.05, 0.1) is 12.4 Å². The molecule has 2 N–H and O–H groups in total. The van der Waals surface area contributed by atoms with Crippen LogP contribution in [0.1, 0.15) is 18.4 Å². The summed E-state index contributed by atoms with van der Waals surface area (Å²) in [4.78, 5) is 22.8. The maximum absolute atomic E-state index is 12.5. The number of benzene rings is 2. The predicted molar refractivity (Wildman–Crippen MR) is 92.8 cm³/mol. The number of carbonyl (C=O) groups is 1. The summed E-state index contributed by atoms with van der Waals surface area (Å²) in [7, 11) is 1.58. The van der Waals surface area contributed by atoms with E-state index in [9.17, 15) is 9.70 Å². The number of hydrogen-bond donors (Lipinski definition) is 2. The number of nitrogens with zero attached hydrogens (tertiary/aromatic N) is 2. The van der Waals surface area contributed by atoms with Crippen molar-refractivity contribution in [3.8, 4) is 5.75 Å². The Labute approximate surface area is 139 Å². The third kappa shape index (κ3) is 4.39. The van der Waals surface area contributed by atoms with Crippen molar-refractivity contribution in [1.82, 2.24) is 5.53 Å². The minimum absolute atomic E-state index is 0.142. The first-order valence-corrected chi connectivity index (χ1v) is 7.31. The molecule has 1 amide bonds. The molecule has 7 heteroatoms. The van der Waals surface area contributed by atoms with Crippen molar-refractivity contribution >= 4 is 17.3 Å². The lowest BCUT2D eigenvalue weighted by Crippen LogP contribution is -2.29. The van der Waals surface area contributed by atoms with E-state index in [1.807, 2.05) is 42.8 Å². The molecule has 7 nitrogen and oxygen atoms in total. The first-order valence-electron chi connectivity index (χ1n) is 7.31. The lowest BCUT2D eigenvalue weighted by Gasteiger charge is -2.15. The number of para-hydroxylation sites is 1. The smallest absolute Gasteiger partial charge is 0.272 e. The van der Waals surface area contributed by atoms with Gasteiger partial charge in [0, 0.05) is 11.6 Å². The Morgan fingerprint density at radius 1 is 1.08 bits per heavy atom. The molecule has 1 atom stereocenters. The van der Waals surface area contributed by atoms with Crippen LogP contribution in [0.25, 0.3) is 0 Å². The maximum Gasteiger partial charge on any atom is 0.272 e. The zero-order valence-corrected chi connectivity index (χ0v) is 13.4. The number of anilines is 1. The van der Waals surface area contributed by atoms with E-state index in [0.717, 1.165) is 5.56 Å². The van der Waals surface area contributed by atoms with E-state index in [-0.39, 0.29) is 11.6 Å². The SMILES string of the molecule is COc1ccc(C(C)C(=NNN=O)C(=O)Nc2ccccc2)cc1. The Kier molecular flexibility index (Phi) is 6.01. The van der Waals surface area contributed by atoms with Crippen molar-refractivity contribution in [1.29, 1.82) is 0 Å². The molecule has 2 aromatic rings. The van der Waals surface area contributed by atoms with E-state index in [2.05, 4.69) is 15.7 Å². The van der Waals surface area contributed by atoms with E-state index in [0.29, 0.717) is 11.4 Å². The molecule has 124 valence electrons. The summed E-state index contributed by atoms with van der Waals surface area (Å²) in [5, 5.41) is 9.03. The molecule has 0 aliphatic carbocycles. The Hall–Kier alpha value is -3.22. The predicted octanol–water partition coefficient (Wildman–Crippen LogP) is 3.06. The summed E-state index contributed by atoms with van der Waals surface area (Å²) in [5.74, 6) is -0.0552. The second-order valence-electron chi connectivity index (χ2n) is 5.00. The van der Waals surface area contributed by atoms with Gasteiger partial charge in [0.15, 0.2) is 0 Å². The molecule has 0 aromatic heterocycles. The number of nitroso groups, excluding NO2 is 1. The van der Waals surface area contributed by atoms with Crippen molar-refractivity contribution in [3.63, 3.8) is 0 Å². The zero-order valence-electron chi connectivity index (χ0n) is 13.4. The van der Waals surface area contributed by atoms with Crippen molar-refractivity contribution in [2.45, 2.75) is 12.8 Å². The average Bonchev–Trinajstić information content (AvgIpc) is 2.62. The van der Waals surface area contributed by atoms with Gasteiger partial charge in [-0.1, -0.05) is 37.3 Å².